The number of likely N-dealkylation sites (tertiary alicyclic amines) is 2. The molecule has 0 aliphatic carbocycles. The summed E-state index contributed by atoms with van der Waals surface area (Å²) in [4.78, 5) is 25.5. The lowest BCUT2D eigenvalue weighted by atomic mass is 9.77. The van der Waals surface area contributed by atoms with Gasteiger partial charge in [-0.2, -0.15) is 5.10 Å². The fraction of sp³-hybridized carbons (Fsp3) is 0.750. The Kier molecular flexibility index (Phi) is 7.36. The summed E-state index contributed by atoms with van der Waals surface area (Å²) in [7, 11) is 1.91. The van der Waals surface area contributed by atoms with Crippen LogP contribution in [0.15, 0.2) is 12.3 Å². The van der Waals surface area contributed by atoms with Gasteiger partial charge in [-0.05, 0) is 57.7 Å². The van der Waals surface area contributed by atoms with Gasteiger partial charge < -0.3 is 24.8 Å². The summed E-state index contributed by atoms with van der Waals surface area (Å²) >= 11 is 0. The zero-order valence-electron chi connectivity index (χ0n) is 22.5. The molecule has 4 aliphatic heterocycles. The van der Waals surface area contributed by atoms with E-state index in [0.29, 0.717) is 16.6 Å². The summed E-state index contributed by atoms with van der Waals surface area (Å²) in [6.45, 7) is 10.9. The molecule has 1 N–H and O–H groups in total. The van der Waals surface area contributed by atoms with Gasteiger partial charge in [0.25, 0.3) is 5.91 Å². The summed E-state index contributed by atoms with van der Waals surface area (Å²) < 4.78 is 7.27. The highest BCUT2D eigenvalue weighted by atomic mass is 16.5. The number of fused-ring (bicyclic) bond motifs is 1. The zero-order valence-corrected chi connectivity index (χ0v) is 22.5. The van der Waals surface area contributed by atoms with Crippen molar-refractivity contribution in [2.75, 3.05) is 70.5 Å². The maximum absolute atomic E-state index is 13.2. The lowest BCUT2D eigenvalue weighted by Crippen LogP contribution is -2.52. The number of hydrogen-bond donors (Lipinski definition) is 1. The standard InChI is InChI=1S/C28H43N7O2/c1-32-24-18-23(35-10-4-2-3-5-11-35)19-29-25(24)26(31-32)27(36)30-22-6-12-33(13-7-22)16-17-34-14-8-28(9-15-34)20-37-21-28/h18-19,22H,2-17,20-21H2,1H3,(H,30,36). The largest absolute Gasteiger partial charge is 0.380 e. The molecular weight excluding hydrogens is 466 g/mol. The number of amides is 1. The summed E-state index contributed by atoms with van der Waals surface area (Å²) in [5, 5.41) is 7.84. The third-order valence-electron chi connectivity index (χ3n) is 9.25. The number of carbonyl (C=O) groups is 1. The number of nitrogens with one attached hydrogen (secondary N) is 1. The van der Waals surface area contributed by atoms with Gasteiger partial charge in [0.15, 0.2) is 5.69 Å². The Morgan fingerprint density at radius 1 is 1.00 bits per heavy atom. The number of aryl methyl sites for hydroxylation is 1. The smallest absolute Gasteiger partial charge is 0.274 e. The van der Waals surface area contributed by atoms with Crippen molar-refractivity contribution >= 4 is 22.6 Å². The lowest BCUT2D eigenvalue weighted by Gasteiger charge is -2.47. The Bertz CT molecular complexity index is 1070. The molecule has 4 fully saturated rings. The third-order valence-corrected chi connectivity index (χ3v) is 9.25. The quantitative estimate of drug-likeness (QED) is 0.641. The molecule has 4 saturated heterocycles. The topological polar surface area (TPSA) is 78.8 Å². The number of hydrogen-bond acceptors (Lipinski definition) is 7. The summed E-state index contributed by atoms with van der Waals surface area (Å²) in [5.41, 5.74) is 3.72. The van der Waals surface area contributed by atoms with Crippen LogP contribution in [0.3, 0.4) is 0 Å². The first kappa shape index (κ1) is 25.1. The van der Waals surface area contributed by atoms with Crippen LogP contribution in [-0.4, -0.2) is 102 Å². The molecule has 9 nitrogen and oxygen atoms in total. The van der Waals surface area contributed by atoms with Crippen LogP contribution in [-0.2, 0) is 11.8 Å². The van der Waals surface area contributed by atoms with E-state index >= 15 is 0 Å². The maximum Gasteiger partial charge on any atom is 0.274 e. The second kappa shape index (κ2) is 10.9. The lowest BCUT2D eigenvalue weighted by molar-refractivity contribution is -0.139. The van der Waals surface area contributed by atoms with E-state index in [4.69, 9.17) is 9.72 Å². The van der Waals surface area contributed by atoms with Crippen molar-refractivity contribution in [3.05, 3.63) is 18.0 Å². The fourth-order valence-corrected chi connectivity index (χ4v) is 6.55. The van der Waals surface area contributed by atoms with E-state index in [1.165, 1.54) is 51.6 Å². The molecular formula is C28H43N7O2. The minimum atomic E-state index is -0.0960. The molecule has 6 rings (SSSR count). The Morgan fingerprint density at radius 3 is 2.32 bits per heavy atom. The second-order valence-electron chi connectivity index (χ2n) is 11.9. The van der Waals surface area contributed by atoms with Crippen molar-refractivity contribution in [1.82, 2.24) is 29.9 Å². The van der Waals surface area contributed by atoms with Crippen LogP contribution in [0.2, 0.25) is 0 Å². The molecule has 2 aromatic heterocycles. The molecule has 4 aliphatic rings. The van der Waals surface area contributed by atoms with E-state index in [-0.39, 0.29) is 11.9 Å². The number of anilines is 1. The van der Waals surface area contributed by atoms with Crippen LogP contribution in [0.25, 0.3) is 11.0 Å². The molecule has 0 radical (unpaired) electrons. The average molecular weight is 510 g/mol. The Labute approximate surface area is 220 Å². The summed E-state index contributed by atoms with van der Waals surface area (Å²) in [6.07, 6.45) is 11.5. The first-order valence-electron chi connectivity index (χ1n) is 14.5. The van der Waals surface area contributed by atoms with Crippen molar-refractivity contribution in [3.8, 4) is 0 Å². The highest BCUT2D eigenvalue weighted by Crippen LogP contribution is 2.38. The predicted octanol–water partition coefficient (Wildman–Crippen LogP) is 2.66. The molecule has 9 heteroatoms. The van der Waals surface area contributed by atoms with E-state index in [1.54, 1.807) is 0 Å². The molecule has 6 heterocycles. The Morgan fingerprint density at radius 2 is 1.68 bits per heavy atom. The number of piperidine rings is 2. The number of nitrogens with zero attached hydrogens (tertiary/aromatic N) is 6. The zero-order chi connectivity index (χ0) is 25.2. The van der Waals surface area contributed by atoms with Crippen LogP contribution in [0.5, 0.6) is 0 Å². The molecule has 2 aromatic rings. The highest BCUT2D eigenvalue weighted by Gasteiger charge is 2.41. The van der Waals surface area contributed by atoms with Crippen LogP contribution >= 0.6 is 0 Å². The third kappa shape index (κ3) is 5.49. The van der Waals surface area contributed by atoms with E-state index in [9.17, 15) is 4.79 Å². The van der Waals surface area contributed by atoms with Gasteiger partial charge in [-0.15, -0.1) is 0 Å². The predicted molar refractivity (Wildman–Crippen MR) is 145 cm³/mol. The van der Waals surface area contributed by atoms with Gasteiger partial charge in [0, 0.05) is 57.8 Å². The molecule has 202 valence electrons. The maximum atomic E-state index is 13.2. The molecule has 0 aromatic carbocycles. The van der Waals surface area contributed by atoms with Crippen molar-refractivity contribution in [2.45, 2.75) is 57.4 Å². The molecule has 37 heavy (non-hydrogen) atoms. The molecule has 1 amide bonds. The summed E-state index contributed by atoms with van der Waals surface area (Å²) in [6, 6.07) is 2.35. The van der Waals surface area contributed by atoms with Gasteiger partial charge in [0.1, 0.15) is 5.52 Å². The fourth-order valence-electron chi connectivity index (χ4n) is 6.55. The van der Waals surface area contributed by atoms with E-state index in [2.05, 4.69) is 31.2 Å². The van der Waals surface area contributed by atoms with E-state index < -0.39 is 0 Å². The van der Waals surface area contributed by atoms with Crippen molar-refractivity contribution in [2.24, 2.45) is 12.5 Å². The van der Waals surface area contributed by atoms with Crippen LogP contribution in [0, 0.1) is 5.41 Å². The highest BCUT2D eigenvalue weighted by molar-refractivity contribution is 6.03. The number of ether oxygens (including phenoxy) is 1. The van der Waals surface area contributed by atoms with Crippen molar-refractivity contribution in [3.63, 3.8) is 0 Å². The van der Waals surface area contributed by atoms with E-state index in [0.717, 1.165) is 76.5 Å². The SMILES string of the molecule is Cn1nc(C(=O)NC2CCN(CCN3CCC4(CC3)COC4)CC2)c2ncc(N3CCCCCC3)cc21. The van der Waals surface area contributed by atoms with Gasteiger partial charge in [0.05, 0.1) is 30.6 Å². The van der Waals surface area contributed by atoms with Gasteiger partial charge in [-0.25, -0.2) is 4.98 Å². The van der Waals surface area contributed by atoms with Crippen molar-refractivity contribution in [1.29, 1.82) is 0 Å². The van der Waals surface area contributed by atoms with Gasteiger partial charge in [-0.3, -0.25) is 9.48 Å². The molecule has 1 spiro atoms. The summed E-state index contributed by atoms with van der Waals surface area (Å²) in [5.74, 6) is -0.0960. The number of aromatic nitrogens is 3. The average Bonchev–Trinajstić information content (AvgIpc) is 3.06. The molecule has 0 atom stereocenters. The van der Waals surface area contributed by atoms with Gasteiger partial charge in [-0.1, -0.05) is 12.8 Å². The molecule has 0 unspecified atom stereocenters. The van der Waals surface area contributed by atoms with Crippen LogP contribution in [0.1, 0.15) is 61.9 Å². The van der Waals surface area contributed by atoms with Crippen LogP contribution < -0.4 is 10.2 Å². The normalized spacial score (nSPS) is 23.8. The molecule has 0 bridgehead atoms. The van der Waals surface area contributed by atoms with Crippen molar-refractivity contribution < 1.29 is 9.53 Å². The minimum Gasteiger partial charge on any atom is -0.380 e. The van der Waals surface area contributed by atoms with E-state index in [1.807, 2.05) is 17.9 Å². The van der Waals surface area contributed by atoms with Gasteiger partial charge >= 0.3 is 0 Å². The Hall–Kier alpha value is -2.23. The first-order valence-corrected chi connectivity index (χ1v) is 14.5. The number of carbonyl (C=O) groups excluding carboxylic acids is 1. The number of pyridine rings is 1. The first-order chi connectivity index (χ1) is 18.1. The Balaban J connectivity index is 0.992. The molecule has 0 saturated carbocycles. The number of rotatable bonds is 6. The minimum absolute atomic E-state index is 0.0960. The van der Waals surface area contributed by atoms with Crippen LogP contribution in [0.4, 0.5) is 5.69 Å². The monoisotopic (exact) mass is 509 g/mol. The second-order valence-corrected chi connectivity index (χ2v) is 11.9. The van der Waals surface area contributed by atoms with Gasteiger partial charge in [0.2, 0.25) is 0 Å².